The van der Waals surface area contributed by atoms with E-state index in [4.69, 9.17) is 20.8 Å². The minimum atomic E-state index is -0.299. The number of piperidine rings is 1. The Morgan fingerprint density at radius 2 is 2.09 bits per heavy atom. The lowest BCUT2D eigenvalue weighted by Crippen LogP contribution is -2.47. The molecule has 3 aromatic rings. The van der Waals surface area contributed by atoms with Gasteiger partial charge in [0.05, 0.1) is 23.9 Å². The van der Waals surface area contributed by atoms with Gasteiger partial charge in [-0.1, -0.05) is 17.7 Å². The zero-order valence-corrected chi connectivity index (χ0v) is 19.8. The Morgan fingerprint density at radius 1 is 1.27 bits per heavy atom. The van der Waals surface area contributed by atoms with Gasteiger partial charge in [0.25, 0.3) is 11.8 Å². The van der Waals surface area contributed by atoms with Gasteiger partial charge >= 0.3 is 0 Å². The van der Waals surface area contributed by atoms with E-state index < -0.39 is 0 Å². The number of nitrogens with zero attached hydrogens (tertiary/aromatic N) is 4. The molecule has 0 bridgehead atoms. The van der Waals surface area contributed by atoms with Crippen LogP contribution in [0.2, 0.25) is 5.02 Å². The Labute approximate surface area is 201 Å². The summed E-state index contributed by atoms with van der Waals surface area (Å²) >= 11 is 7.45. The average Bonchev–Trinajstić information content (AvgIpc) is 3.53. The van der Waals surface area contributed by atoms with Gasteiger partial charge in [0.15, 0.2) is 0 Å². The van der Waals surface area contributed by atoms with Crippen molar-refractivity contribution in [1.82, 2.24) is 20.0 Å². The largest absolute Gasteiger partial charge is 0.418 e. The van der Waals surface area contributed by atoms with Gasteiger partial charge in [0, 0.05) is 37.3 Å². The first-order valence-electron chi connectivity index (χ1n) is 10.7. The number of thiophene rings is 1. The molecule has 0 spiro atoms. The lowest BCUT2D eigenvalue weighted by atomic mass is 9.95. The lowest BCUT2D eigenvalue weighted by Gasteiger charge is -2.34. The van der Waals surface area contributed by atoms with Crippen molar-refractivity contribution in [2.45, 2.75) is 19.4 Å². The predicted octanol–water partition coefficient (Wildman–Crippen LogP) is 3.98. The highest BCUT2D eigenvalue weighted by Crippen LogP contribution is 2.25. The van der Waals surface area contributed by atoms with Crippen molar-refractivity contribution in [3.05, 3.63) is 58.3 Å². The number of aromatic nitrogens is 2. The Balaban J connectivity index is 1.44. The highest BCUT2D eigenvalue weighted by molar-refractivity contribution is 7.13. The number of hydrogen-bond acceptors (Lipinski definition) is 7. The summed E-state index contributed by atoms with van der Waals surface area (Å²) < 4.78 is 11.0. The van der Waals surface area contributed by atoms with Gasteiger partial charge in [0.2, 0.25) is 11.8 Å². The van der Waals surface area contributed by atoms with Gasteiger partial charge in [-0.05, 0) is 48.6 Å². The van der Waals surface area contributed by atoms with Crippen molar-refractivity contribution in [2.75, 3.05) is 33.4 Å². The van der Waals surface area contributed by atoms with Gasteiger partial charge in [-0.15, -0.1) is 21.5 Å². The van der Waals surface area contributed by atoms with Gasteiger partial charge in [-0.2, -0.15) is 0 Å². The second-order valence-electron chi connectivity index (χ2n) is 7.83. The van der Waals surface area contributed by atoms with Crippen LogP contribution in [0.4, 0.5) is 0 Å². The first kappa shape index (κ1) is 23.4. The lowest BCUT2D eigenvalue weighted by molar-refractivity contribution is -0.138. The first-order valence-corrected chi connectivity index (χ1v) is 12.0. The minimum Gasteiger partial charge on any atom is -0.418 e. The Bertz CT molecular complexity index is 1070. The zero-order valence-electron chi connectivity index (χ0n) is 18.3. The van der Waals surface area contributed by atoms with Crippen LogP contribution < -0.4 is 0 Å². The molecule has 1 aliphatic heterocycles. The molecule has 33 heavy (non-hydrogen) atoms. The maximum absolute atomic E-state index is 13.4. The van der Waals surface area contributed by atoms with E-state index in [2.05, 4.69) is 10.2 Å². The number of benzene rings is 1. The number of methoxy groups -OCH3 is 1. The summed E-state index contributed by atoms with van der Waals surface area (Å²) in [7, 11) is 1.59. The summed E-state index contributed by atoms with van der Waals surface area (Å²) in [5.74, 6) is 0.373. The van der Waals surface area contributed by atoms with E-state index in [0.717, 1.165) is 17.7 Å². The van der Waals surface area contributed by atoms with Gasteiger partial charge < -0.3 is 19.0 Å². The Morgan fingerprint density at radius 3 is 2.82 bits per heavy atom. The molecule has 2 amide bonds. The third kappa shape index (κ3) is 5.79. The highest BCUT2D eigenvalue weighted by atomic mass is 35.5. The molecule has 1 aliphatic rings. The van der Waals surface area contributed by atoms with Crippen LogP contribution in [0.3, 0.4) is 0 Å². The number of carbonyl (C=O) groups excluding carboxylic acids is 2. The second kappa shape index (κ2) is 10.9. The molecule has 10 heteroatoms. The van der Waals surface area contributed by atoms with Crippen molar-refractivity contribution in [3.63, 3.8) is 0 Å². The molecule has 0 aliphatic carbocycles. The van der Waals surface area contributed by atoms with E-state index in [-0.39, 0.29) is 24.3 Å². The second-order valence-corrected chi connectivity index (χ2v) is 9.21. The van der Waals surface area contributed by atoms with Crippen LogP contribution in [-0.2, 0) is 16.1 Å². The molecule has 1 fully saturated rings. The van der Waals surface area contributed by atoms with Crippen molar-refractivity contribution < 1.29 is 18.7 Å². The van der Waals surface area contributed by atoms with Crippen molar-refractivity contribution >= 4 is 34.8 Å². The number of rotatable bonds is 8. The fraction of sp³-hybridized carbons (Fsp3) is 0.391. The van der Waals surface area contributed by atoms with Crippen LogP contribution in [0.1, 0.15) is 29.1 Å². The number of hydrogen-bond donors (Lipinski definition) is 0. The Hall–Kier alpha value is -2.75. The molecule has 0 N–H and O–H groups in total. The zero-order chi connectivity index (χ0) is 23.2. The first-order chi connectivity index (χ1) is 16.0. The fourth-order valence-corrected chi connectivity index (χ4v) is 4.62. The normalized spacial score (nSPS) is 16.1. The molecule has 1 saturated heterocycles. The molecule has 0 saturated carbocycles. The maximum Gasteiger partial charge on any atom is 0.257 e. The summed E-state index contributed by atoms with van der Waals surface area (Å²) in [6, 6.07) is 10.6. The van der Waals surface area contributed by atoms with Crippen LogP contribution >= 0.6 is 22.9 Å². The standard InChI is InChI=1S/C23H25ClN4O4S/c1-31-12-11-28(15-20-25-26-21(32-20)19-5-3-13-33-19)23(30)17-4-2-10-27(14-17)22(29)16-6-8-18(24)9-7-16/h3,5-9,13,17H,2,4,10-12,14-15H2,1H3/t17-/m1/s1. The van der Waals surface area contributed by atoms with Crippen molar-refractivity contribution in [2.24, 2.45) is 5.92 Å². The number of carbonyl (C=O) groups is 2. The topological polar surface area (TPSA) is 88.8 Å². The average molecular weight is 489 g/mol. The molecule has 3 heterocycles. The van der Waals surface area contributed by atoms with E-state index in [0.29, 0.717) is 48.6 Å². The van der Waals surface area contributed by atoms with Gasteiger partial charge in [-0.25, -0.2) is 0 Å². The quantitative estimate of drug-likeness (QED) is 0.476. The van der Waals surface area contributed by atoms with Crippen molar-refractivity contribution in [1.29, 1.82) is 0 Å². The number of halogens is 1. The highest BCUT2D eigenvalue weighted by Gasteiger charge is 2.32. The number of amides is 2. The number of ether oxygens (including phenoxy) is 1. The summed E-state index contributed by atoms with van der Waals surface area (Å²) in [5.41, 5.74) is 0.565. The molecule has 8 nitrogen and oxygen atoms in total. The van der Waals surface area contributed by atoms with E-state index in [1.54, 1.807) is 41.2 Å². The van der Waals surface area contributed by atoms with Crippen molar-refractivity contribution in [3.8, 4) is 10.8 Å². The van der Waals surface area contributed by atoms with Gasteiger partial charge in [-0.3, -0.25) is 9.59 Å². The van der Waals surface area contributed by atoms with Crippen LogP contribution in [0, 0.1) is 5.92 Å². The fourth-order valence-electron chi connectivity index (χ4n) is 3.85. The molecule has 174 valence electrons. The summed E-state index contributed by atoms with van der Waals surface area (Å²) in [4.78, 5) is 30.7. The predicted molar refractivity (Wildman–Crippen MR) is 125 cm³/mol. The molecular formula is C23H25ClN4O4S. The minimum absolute atomic E-state index is 0.0449. The van der Waals surface area contributed by atoms with Crippen LogP contribution in [0.15, 0.2) is 46.2 Å². The summed E-state index contributed by atoms with van der Waals surface area (Å²) in [6.45, 7) is 1.97. The Kier molecular flexibility index (Phi) is 7.74. The molecule has 2 aromatic heterocycles. The van der Waals surface area contributed by atoms with E-state index in [1.165, 1.54) is 11.3 Å². The van der Waals surface area contributed by atoms with E-state index in [1.807, 2.05) is 17.5 Å². The molecule has 1 aromatic carbocycles. The number of likely N-dealkylation sites (tertiary alicyclic amines) is 1. The molecule has 0 radical (unpaired) electrons. The molecule has 4 rings (SSSR count). The third-order valence-electron chi connectivity index (χ3n) is 5.55. The molecule has 1 atom stereocenters. The third-order valence-corrected chi connectivity index (χ3v) is 6.66. The summed E-state index contributed by atoms with van der Waals surface area (Å²) in [5, 5.41) is 10.7. The van der Waals surface area contributed by atoms with Crippen LogP contribution in [0.25, 0.3) is 10.8 Å². The van der Waals surface area contributed by atoms with Gasteiger partial charge in [0.1, 0.15) is 0 Å². The van der Waals surface area contributed by atoms with E-state index in [9.17, 15) is 9.59 Å². The summed E-state index contributed by atoms with van der Waals surface area (Å²) in [6.07, 6.45) is 1.48. The van der Waals surface area contributed by atoms with Crippen LogP contribution in [0.5, 0.6) is 0 Å². The molecule has 0 unspecified atom stereocenters. The SMILES string of the molecule is COCCN(Cc1nnc(-c2cccs2)o1)C(=O)[C@@H]1CCCN(C(=O)c2ccc(Cl)cc2)C1. The monoisotopic (exact) mass is 488 g/mol. The maximum atomic E-state index is 13.4. The molecular weight excluding hydrogens is 464 g/mol. The van der Waals surface area contributed by atoms with Crippen LogP contribution in [-0.4, -0.2) is 65.2 Å². The van der Waals surface area contributed by atoms with E-state index >= 15 is 0 Å². The smallest absolute Gasteiger partial charge is 0.257 e.